The molecule has 3 rings (SSSR count). The Kier molecular flexibility index (Phi) is 4.48. The van der Waals surface area contributed by atoms with E-state index >= 15 is 0 Å². The second-order valence-electron chi connectivity index (χ2n) is 4.82. The predicted molar refractivity (Wildman–Crippen MR) is 82.0 cm³/mol. The first-order chi connectivity index (χ1) is 9.13. The van der Waals surface area contributed by atoms with Crippen LogP contribution in [0.3, 0.4) is 0 Å². The summed E-state index contributed by atoms with van der Waals surface area (Å²) >= 11 is 5.89. The smallest absolute Gasteiger partial charge is 0.239 e. The number of carbonyl (C=O) groups excluding carboxylic acids is 1. The van der Waals surface area contributed by atoms with Gasteiger partial charge >= 0.3 is 0 Å². The average Bonchev–Trinajstić information content (AvgIpc) is 2.70. The van der Waals surface area contributed by atoms with Crippen molar-refractivity contribution in [3.8, 4) is 0 Å². The van der Waals surface area contributed by atoms with Crippen molar-refractivity contribution >= 4 is 40.8 Å². The molecule has 2 N–H and O–H groups in total. The van der Waals surface area contributed by atoms with Crippen LogP contribution in [0.25, 0.3) is 10.9 Å². The van der Waals surface area contributed by atoms with E-state index in [4.69, 9.17) is 17.3 Å². The molecule has 2 aromatic rings. The molecule has 1 saturated heterocycles. The molecule has 0 aliphatic carbocycles. The number of pyridine rings is 1. The zero-order valence-electron chi connectivity index (χ0n) is 10.8. The fourth-order valence-corrected chi connectivity index (χ4v) is 2.53. The lowest BCUT2D eigenvalue weighted by atomic mass is 10.1. The summed E-state index contributed by atoms with van der Waals surface area (Å²) < 4.78 is 0. The van der Waals surface area contributed by atoms with Crippen molar-refractivity contribution in [2.75, 3.05) is 6.54 Å². The number of carbonyl (C=O) groups is 1. The molecular weight excluding hydrogens is 297 g/mol. The van der Waals surface area contributed by atoms with Crippen LogP contribution in [0.1, 0.15) is 12.0 Å². The van der Waals surface area contributed by atoms with Crippen LogP contribution in [0.4, 0.5) is 0 Å². The maximum atomic E-state index is 11.8. The zero-order valence-corrected chi connectivity index (χ0v) is 12.3. The van der Waals surface area contributed by atoms with Crippen LogP contribution in [0, 0.1) is 0 Å². The molecule has 0 unspecified atom stereocenters. The Morgan fingerprint density at radius 1 is 1.35 bits per heavy atom. The first kappa shape index (κ1) is 15.0. The van der Waals surface area contributed by atoms with Gasteiger partial charge in [0.2, 0.25) is 5.91 Å². The number of fused-ring (bicyclic) bond motifs is 1. The lowest BCUT2D eigenvalue weighted by Gasteiger charge is -2.16. The number of hydrogen-bond acceptors (Lipinski definition) is 3. The van der Waals surface area contributed by atoms with Gasteiger partial charge in [-0.2, -0.15) is 0 Å². The summed E-state index contributed by atoms with van der Waals surface area (Å²) in [5.74, 6) is 0.0270. The van der Waals surface area contributed by atoms with Crippen molar-refractivity contribution in [2.24, 2.45) is 5.73 Å². The number of likely N-dealkylation sites (tertiary alicyclic amines) is 1. The highest BCUT2D eigenvalue weighted by Crippen LogP contribution is 2.19. The molecule has 0 bridgehead atoms. The summed E-state index contributed by atoms with van der Waals surface area (Å²) in [4.78, 5) is 17.9. The molecule has 1 amide bonds. The number of amides is 1. The van der Waals surface area contributed by atoms with Gasteiger partial charge in [0, 0.05) is 18.5 Å². The summed E-state index contributed by atoms with van der Waals surface area (Å²) in [5.41, 5.74) is 7.61. The van der Waals surface area contributed by atoms with E-state index < -0.39 is 0 Å². The van der Waals surface area contributed by atoms with Gasteiger partial charge in [-0.05, 0) is 30.2 Å². The number of hydrogen-bond donors (Lipinski definition) is 1. The molecule has 0 radical (unpaired) electrons. The minimum absolute atomic E-state index is 0. The maximum Gasteiger partial charge on any atom is 0.239 e. The van der Waals surface area contributed by atoms with Gasteiger partial charge in [0.05, 0.1) is 11.6 Å². The van der Waals surface area contributed by atoms with E-state index in [2.05, 4.69) is 4.98 Å². The van der Waals surface area contributed by atoms with Crippen molar-refractivity contribution < 1.29 is 4.79 Å². The van der Waals surface area contributed by atoms with Crippen LogP contribution in [0.5, 0.6) is 0 Å². The minimum Gasteiger partial charge on any atom is -0.337 e. The third-order valence-corrected chi connectivity index (χ3v) is 3.65. The van der Waals surface area contributed by atoms with Gasteiger partial charge < -0.3 is 10.6 Å². The Labute approximate surface area is 128 Å². The van der Waals surface area contributed by atoms with Gasteiger partial charge in [-0.25, -0.2) is 4.98 Å². The minimum atomic E-state index is -0.340. The highest BCUT2D eigenvalue weighted by atomic mass is 35.5. The van der Waals surface area contributed by atoms with Crippen LogP contribution in [-0.4, -0.2) is 28.4 Å². The van der Waals surface area contributed by atoms with Crippen molar-refractivity contribution in [2.45, 2.75) is 19.0 Å². The summed E-state index contributed by atoms with van der Waals surface area (Å²) in [6, 6.07) is 9.34. The first-order valence-electron chi connectivity index (χ1n) is 6.23. The van der Waals surface area contributed by atoms with E-state index in [9.17, 15) is 4.79 Å². The summed E-state index contributed by atoms with van der Waals surface area (Å²) in [6.45, 7) is 1.30. The van der Waals surface area contributed by atoms with Gasteiger partial charge in [0.15, 0.2) is 0 Å². The van der Waals surface area contributed by atoms with Gasteiger partial charge in [-0.3, -0.25) is 4.79 Å². The van der Waals surface area contributed by atoms with E-state index in [-0.39, 0.29) is 24.4 Å². The number of aromatic nitrogens is 1. The molecule has 1 aromatic heterocycles. The number of nitrogens with two attached hydrogens (primary N) is 1. The fraction of sp³-hybridized carbons (Fsp3) is 0.286. The molecule has 2 heterocycles. The highest BCUT2D eigenvalue weighted by molar-refractivity contribution is 6.29. The summed E-state index contributed by atoms with van der Waals surface area (Å²) in [6.07, 6.45) is 0.733. The van der Waals surface area contributed by atoms with E-state index in [1.165, 1.54) is 0 Å². The van der Waals surface area contributed by atoms with Crippen molar-refractivity contribution in [3.05, 3.63) is 41.0 Å². The number of halogens is 2. The standard InChI is InChI=1S/C14H14ClN3O.ClH/c15-13-4-3-10-2-1-9(7-12(10)17-13)8-18-6-5-11(16)14(18)19;/h1-4,7,11H,5-6,8,16H2;1H/t11-;/m0./s1. The van der Waals surface area contributed by atoms with Gasteiger partial charge in [-0.1, -0.05) is 23.7 Å². The van der Waals surface area contributed by atoms with Crippen LogP contribution in [-0.2, 0) is 11.3 Å². The molecule has 1 atom stereocenters. The Bertz CT molecular complexity index is 647. The van der Waals surface area contributed by atoms with Crippen LogP contribution in [0.2, 0.25) is 5.15 Å². The third-order valence-electron chi connectivity index (χ3n) is 3.43. The molecule has 0 saturated carbocycles. The molecule has 6 heteroatoms. The molecule has 1 aliphatic rings. The molecule has 0 spiro atoms. The number of nitrogens with zero attached hydrogens (tertiary/aromatic N) is 2. The first-order valence-corrected chi connectivity index (χ1v) is 6.61. The van der Waals surface area contributed by atoms with Crippen LogP contribution < -0.4 is 5.73 Å². The second kappa shape index (κ2) is 5.95. The normalized spacial score (nSPS) is 18.4. The predicted octanol–water partition coefficient (Wildman–Crippen LogP) is 2.37. The van der Waals surface area contributed by atoms with Gasteiger partial charge in [0.1, 0.15) is 5.15 Å². The summed E-state index contributed by atoms with van der Waals surface area (Å²) in [7, 11) is 0. The van der Waals surface area contributed by atoms with Crippen molar-refractivity contribution in [1.29, 1.82) is 0 Å². The van der Waals surface area contributed by atoms with Gasteiger partial charge in [-0.15, -0.1) is 12.4 Å². The topological polar surface area (TPSA) is 59.2 Å². The monoisotopic (exact) mass is 311 g/mol. The Hall–Kier alpha value is -1.36. The van der Waals surface area contributed by atoms with Crippen molar-refractivity contribution in [3.63, 3.8) is 0 Å². The Morgan fingerprint density at radius 2 is 2.10 bits per heavy atom. The van der Waals surface area contributed by atoms with Gasteiger partial charge in [0.25, 0.3) is 0 Å². The SMILES string of the molecule is Cl.N[C@H]1CCN(Cc2ccc3ccc(Cl)nc3c2)C1=O. The summed E-state index contributed by atoms with van der Waals surface area (Å²) in [5, 5.41) is 1.52. The largest absolute Gasteiger partial charge is 0.337 e. The number of benzene rings is 1. The third kappa shape index (κ3) is 2.87. The van der Waals surface area contributed by atoms with E-state index in [0.29, 0.717) is 11.7 Å². The van der Waals surface area contributed by atoms with E-state index in [1.54, 1.807) is 11.0 Å². The van der Waals surface area contributed by atoms with E-state index in [1.807, 2.05) is 24.3 Å². The fourth-order valence-electron chi connectivity index (χ4n) is 2.38. The highest BCUT2D eigenvalue weighted by Gasteiger charge is 2.28. The molecule has 1 aliphatic heterocycles. The Balaban J connectivity index is 0.00000147. The maximum absolute atomic E-state index is 11.8. The molecule has 4 nitrogen and oxygen atoms in total. The van der Waals surface area contributed by atoms with Crippen LogP contribution in [0.15, 0.2) is 30.3 Å². The van der Waals surface area contributed by atoms with E-state index in [0.717, 1.165) is 29.4 Å². The molecule has 1 aromatic carbocycles. The lowest BCUT2D eigenvalue weighted by molar-refractivity contribution is -0.129. The lowest BCUT2D eigenvalue weighted by Crippen LogP contribution is -2.33. The molecule has 1 fully saturated rings. The average molecular weight is 312 g/mol. The molecular formula is C14H15Cl2N3O. The number of rotatable bonds is 2. The Morgan fingerprint density at radius 3 is 2.80 bits per heavy atom. The zero-order chi connectivity index (χ0) is 13.4. The molecule has 20 heavy (non-hydrogen) atoms. The molecule has 106 valence electrons. The quantitative estimate of drug-likeness (QED) is 0.866. The van der Waals surface area contributed by atoms with Crippen LogP contribution >= 0.6 is 24.0 Å². The second-order valence-corrected chi connectivity index (χ2v) is 5.20. The van der Waals surface area contributed by atoms with Crippen molar-refractivity contribution in [1.82, 2.24) is 9.88 Å².